The summed E-state index contributed by atoms with van der Waals surface area (Å²) in [4.78, 5) is 22.2. The zero-order chi connectivity index (χ0) is 15.1. The van der Waals surface area contributed by atoms with Gasteiger partial charge in [-0.2, -0.15) is 0 Å². The van der Waals surface area contributed by atoms with E-state index >= 15 is 0 Å². The predicted octanol–water partition coefficient (Wildman–Crippen LogP) is 1.24. The summed E-state index contributed by atoms with van der Waals surface area (Å²) in [5.74, 6) is -1.18. The third-order valence-electron chi connectivity index (χ3n) is 2.67. The van der Waals surface area contributed by atoms with Gasteiger partial charge in [-0.15, -0.1) is 5.53 Å². The van der Waals surface area contributed by atoms with Crippen LogP contribution in [0.1, 0.15) is 6.42 Å². The first kappa shape index (κ1) is 14.5. The fraction of sp³-hybridized carbons (Fsp3) is 0.0667. The van der Waals surface area contributed by atoms with E-state index in [0.717, 1.165) is 11.4 Å². The van der Waals surface area contributed by atoms with Crippen LogP contribution < -0.4 is 21.7 Å². The quantitative estimate of drug-likeness (QED) is 0.550. The number of benzene rings is 2. The van der Waals surface area contributed by atoms with Crippen molar-refractivity contribution in [2.24, 2.45) is 5.73 Å². The van der Waals surface area contributed by atoms with E-state index in [2.05, 4.69) is 11.0 Å². The fourth-order valence-electron chi connectivity index (χ4n) is 1.75. The Bertz CT molecular complexity index is 562. The molecule has 0 bridgehead atoms. The van der Waals surface area contributed by atoms with Gasteiger partial charge in [-0.3, -0.25) is 20.0 Å². The molecule has 108 valence electrons. The maximum atomic E-state index is 11.5. The van der Waals surface area contributed by atoms with Gasteiger partial charge in [-0.25, -0.2) is 0 Å². The summed E-state index contributed by atoms with van der Waals surface area (Å²) in [7, 11) is 0. The van der Waals surface area contributed by atoms with Crippen molar-refractivity contribution in [3.63, 3.8) is 0 Å². The molecule has 6 heteroatoms. The number of hydrogen-bond acceptors (Lipinski definition) is 4. The highest BCUT2D eigenvalue weighted by Gasteiger charge is 2.11. The Labute approximate surface area is 122 Å². The minimum atomic E-state index is -0.680. The number of primary amides is 1. The summed E-state index contributed by atoms with van der Waals surface area (Å²) in [5.41, 5.74) is 11.9. The van der Waals surface area contributed by atoms with Crippen molar-refractivity contribution in [2.75, 3.05) is 5.01 Å². The Morgan fingerprint density at radius 1 is 0.905 bits per heavy atom. The van der Waals surface area contributed by atoms with Crippen LogP contribution in [0, 0.1) is 0 Å². The molecule has 0 radical (unpaired) electrons. The number of para-hydroxylation sites is 2. The lowest BCUT2D eigenvalue weighted by atomic mass is 10.2. The first-order valence-corrected chi connectivity index (χ1v) is 6.40. The number of nitrogens with two attached hydrogens (primary N) is 1. The van der Waals surface area contributed by atoms with E-state index < -0.39 is 11.8 Å². The number of amides is 2. The Balaban J connectivity index is 2.14. The van der Waals surface area contributed by atoms with Gasteiger partial charge in [-0.1, -0.05) is 36.4 Å². The van der Waals surface area contributed by atoms with Gasteiger partial charge in [0.2, 0.25) is 11.8 Å². The molecule has 2 aromatic carbocycles. The van der Waals surface area contributed by atoms with Gasteiger partial charge in [0, 0.05) is 0 Å². The normalized spacial score (nSPS) is 9.90. The molecule has 0 fully saturated rings. The number of carbonyl (C=O) groups excluding carboxylic acids is 2. The van der Waals surface area contributed by atoms with Crippen LogP contribution in [0.15, 0.2) is 60.7 Å². The van der Waals surface area contributed by atoms with Gasteiger partial charge in [-0.05, 0) is 24.3 Å². The highest BCUT2D eigenvalue weighted by atomic mass is 16.2. The Morgan fingerprint density at radius 3 is 1.81 bits per heavy atom. The standard InChI is InChI=1S/C15H16N4O2/c16-14(20)11-15(21)17-18-19(12-7-3-1-4-8-12)13-9-5-2-6-10-13/h1-10,18H,11H2,(H2,16,20)(H,17,21). The molecule has 4 N–H and O–H groups in total. The number of nitrogens with zero attached hydrogens (tertiary/aromatic N) is 1. The molecular formula is C15H16N4O2. The molecule has 0 aliphatic heterocycles. The van der Waals surface area contributed by atoms with Crippen LogP contribution in [0.25, 0.3) is 0 Å². The second kappa shape index (κ2) is 7.06. The molecular weight excluding hydrogens is 268 g/mol. The summed E-state index contributed by atoms with van der Waals surface area (Å²) in [5, 5.41) is 1.69. The second-order valence-corrected chi connectivity index (χ2v) is 4.31. The van der Waals surface area contributed by atoms with Crippen molar-refractivity contribution in [2.45, 2.75) is 6.42 Å². The molecule has 2 amide bonds. The summed E-state index contributed by atoms with van der Waals surface area (Å²) in [6, 6.07) is 18.9. The lowest BCUT2D eigenvalue weighted by molar-refractivity contribution is -0.128. The first-order valence-electron chi connectivity index (χ1n) is 6.40. The van der Waals surface area contributed by atoms with E-state index in [-0.39, 0.29) is 6.42 Å². The molecule has 6 nitrogen and oxygen atoms in total. The summed E-state index contributed by atoms with van der Waals surface area (Å²) >= 11 is 0. The molecule has 0 unspecified atom stereocenters. The van der Waals surface area contributed by atoms with E-state index in [1.165, 1.54) is 0 Å². The first-order chi connectivity index (χ1) is 10.2. The predicted molar refractivity (Wildman–Crippen MR) is 80.1 cm³/mol. The van der Waals surface area contributed by atoms with Gasteiger partial charge >= 0.3 is 0 Å². The highest BCUT2D eigenvalue weighted by Crippen LogP contribution is 2.21. The minimum Gasteiger partial charge on any atom is -0.369 e. The topological polar surface area (TPSA) is 87.5 Å². The van der Waals surface area contributed by atoms with E-state index in [1.807, 2.05) is 60.7 Å². The summed E-state index contributed by atoms with van der Waals surface area (Å²) in [6.07, 6.45) is -0.371. The lowest BCUT2D eigenvalue weighted by Gasteiger charge is -2.25. The summed E-state index contributed by atoms with van der Waals surface area (Å²) in [6.45, 7) is 0. The van der Waals surface area contributed by atoms with Crippen LogP contribution >= 0.6 is 0 Å². The Morgan fingerprint density at radius 2 is 1.38 bits per heavy atom. The van der Waals surface area contributed by atoms with Crippen molar-refractivity contribution in [3.05, 3.63) is 60.7 Å². The maximum absolute atomic E-state index is 11.5. The van der Waals surface area contributed by atoms with E-state index in [0.29, 0.717) is 0 Å². The van der Waals surface area contributed by atoms with Crippen LogP contribution in [-0.4, -0.2) is 11.8 Å². The van der Waals surface area contributed by atoms with Gasteiger partial charge in [0.1, 0.15) is 6.42 Å². The number of nitrogens with one attached hydrogen (secondary N) is 2. The van der Waals surface area contributed by atoms with Crippen molar-refractivity contribution in [1.29, 1.82) is 0 Å². The number of rotatable bonds is 6. The third kappa shape index (κ3) is 4.32. The largest absolute Gasteiger partial charge is 0.369 e. The third-order valence-corrected chi connectivity index (χ3v) is 2.67. The average Bonchev–Trinajstić information content (AvgIpc) is 2.49. The van der Waals surface area contributed by atoms with Gasteiger partial charge in [0.15, 0.2) is 0 Å². The molecule has 0 aliphatic carbocycles. The van der Waals surface area contributed by atoms with Gasteiger partial charge in [0.05, 0.1) is 11.4 Å². The van der Waals surface area contributed by atoms with Crippen molar-refractivity contribution < 1.29 is 9.59 Å². The smallest absolute Gasteiger partial charge is 0.244 e. The molecule has 0 aromatic heterocycles. The monoisotopic (exact) mass is 284 g/mol. The van der Waals surface area contributed by atoms with Crippen LogP contribution in [0.2, 0.25) is 0 Å². The van der Waals surface area contributed by atoms with Gasteiger partial charge < -0.3 is 5.73 Å². The van der Waals surface area contributed by atoms with Crippen LogP contribution in [0.4, 0.5) is 11.4 Å². The van der Waals surface area contributed by atoms with E-state index in [9.17, 15) is 9.59 Å². The zero-order valence-corrected chi connectivity index (χ0v) is 11.3. The SMILES string of the molecule is NC(=O)CC(=O)NNN(c1ccccc1)c1ccccc1. The molecule has 0 spiro atoms. The Kier molecular flexibility index (Phi) is 4.89. The molecule has 0 saturated heterocycles. The molecule has 0 heterocycles. The lowest BCUT2D eigenvalue weighted by Crippen LogP contribution is -2.48. The molecule has 2 aromatic rings. The number of carbonyl (C=O) groups is 2. The number of anilines is 2. The summed E-state index contributed by atoms with van der Waals surface area (Å²) < 4.78 is 0. The minimum absolute atomic E-state index is 0.371. The molecule has 0 aliphatic rings. The van der Waals surface area contributed by atoms with Crippen molar-refractivity contribution in [1.82, 2.24) is 11.0 Å². The number of hydrazine groups is 2. The van der Waals surface area contributed by atoms with Crippen LogP contribution in [0.5, 0.6) is 0 Å². The number of hydrogen-bond donors (Lipinski definition) is 3. The van der Waals surface area contributed by atoms with Crippen LogP contribution in [0.3, 0.4) is 0 Å². The molecule has 0 atom stereocenters. The maximum Gasteiger partial charge on any atom is 0.244 e. The van der Waals surface area contributed by atoms with Gasteiger partial charge in [0.25, 0.3) is 0 Å². The Hall–Kier alpha value is -2.86. The average molecular weight is 284 g/mol. The van der Waals surface area contributed by atoms with Crippen molar-refractivity contribution in [3.8, 4) is 0 Å². The highest BCUT2D eigenvalue weighted by molar-refractivity contribution is 5.95. The zero-order valence-electron chi connectivity index (χ0n) is 11.3. The molecule has 21 heavy (non-hydrogen) atoms. The fourth-order valence-corrected chi connectivity index (χ4v) is 1.75. The van der Waals surface area contributed by atoms with E-state index in [4.69, 9.17) is 5.73 Å². The van der Waals surface area contributed by atoms with Crippen LogP contribution in [-0.2, 0) is 9.59 Å². The second-order valence-electron chi connectivity index (χ2n) is 4.31. The van der Waals surface area contributed by atoms with Crippen molar-refractivity contribution >= 4 is 23.2 Å². The molecule has 2 rings (SSSR count). The van der Waals surface area contributed by atoms with E-state index in [1.54, 1.807) is 5.01 Å². The molecule has 0 saturated carbocycles.